The molecule has 0 saturated carbocycles. The van der Waals surface area contributed by atoms with Crippen LogP contribution in [-0.2, 0) is 11.2 Å². The molecule has 110 valence electrons. The summed E-state index contributed by atoms with van der Waals surface area (Å²) >= 11 is 3.27. The number of aromatic amines is 1. The number of hydrogen-bond acceptors (Lipinski definition) is 4. The van der Waals surface area contributed by atoms with E-state index in [0.717, 1.165) is 28.6 Å². The number of aromatic nitrogens is 1. The molecule has 1 aromatic heterocycles. The highest BCUT2D eigenvalue weighted by atomic mass is 32.2. The Kier molecular flexibility index (Phi) is 4.87. The summed E-state index contributed by atoms with van der Waals surface area (Å²) in [5.41, 5.74) is 2.39. The van der Waals surface area contributed by atoms with E-state index >= 15 is 0 Å². The van der Waals surface area contributed by atoms with Crippen molar-refractivity contribution in [3.63, 3.8) is 0 Å². The monoisotopic (exact) mass is 319 g/mol. The number of carbonyl (C=O) groups excluding carboxylic acids is 1. The standard InChI is InChI=1S/C15H17N3OS2/c19-14(10-21-15-17-7-8-20-15)16-6-5-11-9-18-13-4-2-1-3-12(11)13/h1-4,9,18H,5-8,10H2,(H,16,19). The molecule has 0 fully saturated rings. The number of rotatable bonds is 5. The number of nitrogens with one attached hydrogen (secondary N) is 2. The lowest BCUT2D eigenvalue weighted by atomic mass is 10.1. The van der Waals surface area contributed by atoms with Crippen LogP contribution in [0.3, 0.4) is 0 Å². The maximum Gasteiger partial charge on any atom is 0.230 e. The van der Waals surface area contributed by atoms with Crippen molar-refractivity contribution in [1.29, 1.82) is 0 Å². The molecule has 0 unspecified atom stereocenters. The maximum absolute atomic E-state index is 11.8. The molecular weight excluding hydrogens is 302 g/mol. The summed E-state index contributed by atoms with van der Waals surface area (Å²) in [6.45, 7) is 1.55. The van der Waals surface area contributed by atoms with Gasteiger partial charge in [-0.3, -0.25) is 9.79 Å². The first-order valence-electron chi connectivity index (χ1n) is 6.94. The van der Waals surface area contributed by atoms with Crippen LogP contribution in [0.25, 0.3) is 10.9 Å². The molecule has 2 N–H and O–H groups in total. The fourth-order valence-corrected chi connectivity index (χ4v) is 4.10. The van der Waals surface area contributed by atoms with Crippen molar-refractivity contribution in [2.75, 3.05) is 24.6 Å². The maximum atomic E-state index is 11.8. The number of aliphatic imine (C=N–C) groups is 1. The van der Waals surface area contributed by atoms with Crippen LogP contribution in [0.15, 0.2) is 35.5 Å². The van der Waals surface area contributed by atoms with E-state index in [0.29, 0.717) is 12.3 Å². The van der Waals surface area contributed by atoms with Gasteiger partial charge in [-0.1, -0.05) is 41.7 Å². The first-order chi connectivity index (χ1) is 10.3. The Balaban J connectivity index is 1.44. The Labute approximate surface area is 132 Å². The van der Waals surface area contributed by atoms with Gasteiger partial charge >= 0.3 is 0 Å². The second-order valence-electron chi connectivity index (χ2n) is 4.74. The lowest BCUT2D eigenvalue weighted by molar-refractivity contribution is -0.118. The highest BCUT2D eigenvalue weighted by Gasteiger charge is 2.10. The Bertz CT molecular complexity index is 666. The van der Waals surface area contributed by atoms with E-state index < -0.39 is 0 Å². The van der Waals surface area contributed by atoms with Crippen LogP contribution >= 0.6 is 23.5 Å². The van der Waals surface area contributed by atoms with Gasteiger partial charge in [0.2, 0.25) is 5.91 Å². The molecule has 0 radical (unpaired) electrons. The topological polar surface area (TPSA) is 57.2 Å². The average molecular weight is 319 g/mol. The number of hydrogen-bond donors (Lipinski definition) is 2. The van der Waals surface area contributed by atoms with Gasteiger partial charge in [-0.25, -0.2) is 0 Å². The minimum Gasteiger partial charge on any atom is -0.361 e. The molecular formula is C15H17N3OS2. The zero-order valence-corrected chi connectivity index (χ0v) is 13.2. The molecule has 4 nitrogen and oxygen atoms in total. The minimum absolute atomic E-state index is 0.0787. The number of thioether (sulfide) groups is 2. The van der Waals surface area contributed by atoms with E-state index in [1.807, 2.05) is 18.3 Å². The number of para-hydroxylation sites is 1. The third kappa shape index (κ3) is 3.83. The smallest absolute Gasteiger partial charge is 0.230 e. The summed E-state index contributed by atoms with van der Waals surface area (Å²) in [5.74, 6) is 1.58. The number of carbonyl (C=O) groups is 1. The van der Waals surface area contributed by atoms with Gasteiger partial charge in [0.05, 0.1) is 12.3 Å². The SMILES string of the molecule is O=C(CSC1=NCCS1)NCCc1c[nH]c2ccccc12. The van der Waals surface area contributed by atoms with Crippen molar-refractivity contribution in [3.05, 3.63) is 36.0 Å². The number of benzene rings is 1. The molecule has 3 rings (SSSR count). The largest absolute Gasteiger partial charge is 0.361 e. The summed E-state index contributed by atoms with van der Waals surface area (Å²) in [6.07, 6.45) is 2.87. The number of fused-ring (bicyclic) bond motifs is 1. The van der Waals surface area contributed by atoms with Gasteiger partial charge in [0.1, 0.15) is 4.38 Å². The van der Waals surface area contributed by atoms with E-state index in [-0.39, 0.29) is 5.91 Å². The summed E-state index contributed by atoms with van der Waals surface area (Å²) in [5, 5.41) is 4.21. The van der Waals surface area contributed by atoms with Gasteiger partial charge in [0, 0.05) is 29.4 Å². The van der Waals surface area contributed by atoms with Crippen molar-refractivity contribution in [2.45, 2.75) is 6.42 Å². The number of H-pyrrole nitrogens is 1. The molecule has 1 amide bonds. The van der Waals surface area contributed by atoms with Gasteiger partial charge in [0.25, 0.3) is 0 Å². The molecule has 2 heterocycles. The molecule has 6 heteroatoms. The summed E-state index contributed by atoms with van der Waals surface area (Å²) in [6, 6.07) is 8.22. The lowest BCUT2D eigenvalue weighted by Crippen LogP contribution is -2.27. The Hall–Kier alpha value is -1.40. The predicted octanol–water partition coefficient (Wildman–Crippen LogP) is 2.66. The first kappa shape index (κ1) is 14.5. The fourth-order valence-electron chi connectivity index (χ4n) is 2.26. The summed E-state index contributed by atoms with van der Waals surface area (Å²) < 4.78 is 1.04. The fraction of sp³-hybridized carbons (Fsp3) is 0.333. The quantitative estimate of drug-likeness (QED) is 0.891. The third-order valence-electron chi connectivity index (χ3n) is 3.28. The normalized spacial score (nSPS) is 14.4. The van der Waals surface area contributed by atoms with Crippen LogP contribution in [0.1, 0.15) is 5.56 Å². The van der Waals surface area contributed by atoms with Crippen molar-refractivity contribution in [3.8, 4) is 0 Å². The summed E-state index contributed by atoms with van der Waals surface area (Å²) in [7, 11) is 0. The van der Waals surface area contributed by atoms with E-state index in [9.17, 15) is 4.79 Å². The van der Waals surface area contributed by atoms with Gasteiger partial charge in [0.15, 0.2) is 0 Å². The number of nitrogens with zero attached hydrogens (tertiary/aromatic N) is 1. The van der Waals surface area contributed by atoms with Crippen LogP contribution in [0.2, 0.25) is 0 Å². The average Bonchev–Trinajstić information content (AvgIpc) is 3.15. The second kappa shape index (κ2) is 7.04. The van der Waals surface area contributed by atoms with Gasteiger partial charge in [-0.05, 0) is 18.1 Å². The zero-order valence-electron chi connectivity index (χ0n) is 11.6. The predicted molar refractivity (Wildman–Crippen MR) is 92.2 cm³/mol. The molecule has 0 saturated heterocycles. The lowest BCUT2D eigenvalue weighted by Gasteiger charge is -2.04. The van der Waals surface area contributed by atoms with Crippen molar-refractivity contribution < 1.29 is 4.79 Å². The Morgan fingerprint density at radius 1 is 1.43 bits per heavy atom. The minimum atomic E-state index is 0.0787. The Morgan fingerprint density at radius 3 is 3.19 bits per heavy atom. The second-order valence-corrected chi connectivity index (χ2v) is 7.05. The van der Waals surface area contributed by atoms with Crippen LogP contribution in [0.5, 0.6) is 0 Å². The molecule has 0 bridgehead atoms. The molecule has 2 aromatic rings. The van der Waals surface area contributed by atoms with E-state index in [1.165, 1.54) is 22.7 Å². The van der Waals surface area contributed by atoms with Crippen molar-refractivity contribution in [1.82, 2.24) is 10.3 Å². The van der Waals surface area contributed by atoms with Crippen LogP contribution in [0, 0.1) is 0 Å². The summed E-state index contributed by atoms with van der Waals surface area (Å²) in [4.78, 5) is 19.4. The zero-order chi connectivity index (χ0) is 14.5. The van der Waals surface area contributed by atoms with Crippen LogP contribution in [0.4, 0.5) is 0 Å². The van der Waals surface area contributed by atoms with Gasteiger partial charge in [-0.2, -0.15) is 0 Å². The van der Waals surface area contributed by atoms with Crippen molar-refractivity contribution >= 4 is 44.7 Å². The third-order valence-corrected chi connectivity index (χ3v) is 5.53. The highest BCUT2D eigenvalue weighted by molar-refractivity contribution is 8.39. The molecule has 1 aromatic carbocycles. The molecule has 0 aliphatic carbocycles. The Morgan fingerprint density at radius 2 is 2.33 bits per heavy atom. The highest BCUT2D eigenvalue weighted by Crippen LogP contribution is 2.21. The molecule has 21 heavy (non-hydrogen) atoms. The molecule has 1 aliphatic heterocycles. The number of amides is 1. The molecule has 1 aliphatic rings. The van der Waals surface area contributed by atoms with E-state index in [2.05, 4.69) is 27.4 Å². The molecule has 0 spiro atoms. The van der Waals surface area contributed by atoms with E-state index in [1.54, 1.807) is 11.8 Å². The first-order valence-corrected chi connectivity index (χ1v) is 8.92. The van der Waals surface area contributed by atoms with Crippen LogP contribution < -0.4 is 5.32 Å². The van der Waals surface area contributed by atoms with Crippen LogP contribution in [-0.4, -0.2) is 39.9 Å². The molecule has 0 atom stereocenters. The van der Waals surface area contributed by atoms with Gasteiger partial charge in [-0.15, -0.1) is 0 Å². The van der Waals surface area contributed by atoms with Crippen molar-refractivity contribution in [2.24, 2.45) is 4.99 Å². The van der Waals surface area contributed by atoms with Gasteiger partial charge < -0.3 is 10.3 Å². The van der Waals surface area contributed by atoms with E-state index in [4.69, 9.17) is 0 Å².